The van der Waals surface area contributed by atoms with E-state index in [9.17, 15) is 18.0 Å². The third-order valence-electron chi connectivity index (χ3n) is 3.78. The van der Waals surface area contributed by atoms with E-state index < -0.39 is 11.7 Å². The normalized spacial score (nSPS) is 13.0. The minimum atomic E-state index is -4.35. The Balaban J connectivity index is 1.87. The van der Waals surface area contributed by atoms with Crippen LogP contribution < -0.4 is 5.56 Å². The van der Waals surface area contributed by atoms with E-state index in [2.05, 4.69) is 15.0 Å². The first-order valence-corrected chi connectivity index (χ1v) is 8.33. The second kappa shape index (κ2) is 6.44. The second-order valence-electron chi connectivity index (χ2n) is 5.64. The molecular formula is C17H14F3N3OS. The summed E-state index contributed by atoms with van der Waals surface area (Å²) in [5.74, 6) is 0.324. The maximum atomic E-state index is 12.7. The standard InChI is InChI=1S/C17H14F3N3OS/c1-9(11-3-5-12(6-4-11)17(18,19)20)14-8-25-16(23-14)13-7-15(24)22-10(2)21-13/h3-9H,1-2H3,(H,21,22,24). The summed E-state index contributed by atoms with van der Waals surface area (Å²) in [5.41, 5.74) is 1.01. The minimum absolute atomic E-state index is 0.171. The molecule has 2 heterocycles. The van der Waals surface area contributed by atoms with E-state index in [-0.39, 0.29) is 11.5 Å². The van der Waals surface area contributed by atoms with Gasteiger partial charge in [0.25, 0.3) is 5.56 Å². The van der Waals surface area contributed by atoms with Gasteiger partial charge in [0.2, 0.25) is 0 Å². The van der Waals surface area contributed by atoms with Crippen molar-refractivity contribution < 1.29 is 13.2 Å². The quantitative estimate of drug-likeness (QED) is 0.750. The number of rotatable bonds is 3. The van der Waals surface area contributed by atoms with E-state index in [4.69, 9.17) is 0 Å². The molecule has 1 unspecified atom stereocenters. The molecule has 130 valence electrons. The van der Waals surface area contributed by atoms with Crippen LogP contribution in [0.4, 0.5) is 13.2 Å². The highest BCUT2D eigenvalue weighted by molar-refractivity contribution is 7.13. The zero-order valence-corrected chi connectivity index (χ0v) is 14.2. The summed E-state index contributed by atoms with van der Waals surface area (Å²) in [6.45, 7) is 3.56. The average Bonchev–Trinajstić information content (AvgIpc) is 3.02. The number of aromatic amines is 1. The van der Waals surface area contributed by atoms with Crippen LogP contribution in [0.2, 0.25) is 0 Å². The van der Waals surface area contributed by atoms with Crippen LogP contribution in [0.25, 0.3) is 10.7 Å². The fourth-order valence-electron chi connectivity index (χ4n) is 2.42. The molecule has 4 nitrogen and oxygen atoms in total. The molecule has 0 fully saturated rings. The van der Waals surface area contributed by atoms with Gasteiger partial charge in [-0.05, 0) is 24.6 Å². The molecule has 0 radical (unpaired) electrons. The SMILES string of the molecule is Cc1nc(-c2nc(C(C)c3ccc(C(F)(F)F)cc3)cs2)cc(=O)[nH]1. The van der Waals surface area contributed by atoms with Gasteiger partial charge >= 0.3 is 6.18 Å². The predicted octanol–water partition coefficient (Wildman–Crippen LogP) is 4.37. The fourth-order valence-corrected chi connectivity index (χ4v) is 3.30. The van der Waals surface area contributed by atoms with E-state index in [1.165, 1.54) is 29.5 Å². The molecule has 0 saturated heterocycles. The van der Waals surface area contributed by atoms with Gasteiger partial charge < -0.3 is 4.98 Å². The lowest BCUT2D eigenvalue weighted by atomic mass is 9.97. The fraction of sp³-hybridized carbons (Fsp3) is 0.235. The molecule has 25 heavy (non-hydrogen) atoms. The third kappa shape index (κ3) is 3.79. The number of aromatic nitrogens is 3. The monoisotopic (exact) mass is 365 g/mol. The molecule has 3 rings (SSSR count). The molecular weight excluding hydrogens is 351 g/mol. The number of aryl methyl sites for hydroxylation is 1. The van der Waals surface area contributed by atoms with E-state index in [1.54, 1.807) is 6.92 Å². The van der Waals surface area contributed by atoms with Crippen molar-refractivity contribution in [3.63, 3.8) is 0 Å². The van der Waals surface area contributed by atoms with Crippen molar-refractivity contribution in [2.45, 2.75) is 25.9 Å². The van der Waals surface area contributed by atoms with Crippen LogP contribution in [0.5, 0.6) is 0 Å². The molecule has 0 amide bonds. The van der Waals surface area contributed by atoms with Crippen molar-refractivity contribution in [1.29, 1.82) is 0 Å². The molecule has 0 aliphatic rings. The van der Waals surface area contributed by atoms with Gasteiger partial charge in [0, 0.05) is 17.4 Å². The van der Waals surface area contributed by atoms with E-state index in [0.29, 0.717) is 16.5 Å². The Morgan fingerprint density at radius 3 is 2.44 bits per heavy atom. The van der Waals surface area contributed by atoms with Gasteiger partial charge in [-0.25, -0.2) is 9.97 Å². The number of nitrogens with one attached hydrogen (secondary N) is 1. The molecule has 8 heteroatoms. The number of hydrogen-bond acceptors (Lipinski definition) is 4. The first-order valence-electron chi connectivity index (χ1n) is 7.45. The van der Waals surface area contributed by atoms with Gasteiger partial charge in [0.1, 0.15) is 16.5 Å². The average molecular weight is 365 g/mol. The van der Waals surface area contributed by atoms with Crippen LogP contribution in [0, 0.1) is 6.92 Å². The first-order chi connectivity index (χ1) is 11.7. The summed E-state index contributed by atoms with van der Waals surface area (Å²) in [6, 6.07) is 6.43. The molecule has 0 bridgehead atoms. The van der Waals surface area contributed by atoms with E-state index in [1.807, 2.05) is 12.3 Å². The maximum absolute atomic E-state index is 12.7. The number of alkyl halides is 3. The number of benzene rings is 1. The van der Waals surface area contributed by atoms with Gasteiger partial charge in [-0.2, -0.15) is 13.2 Å². The lowest BCUT2D eigenvalue weighted by Crippen LogP contribution is -2.08. The first kappa shape index (κ1) is 17.3. The summed E-state index contributed by atoms with van der Waals surface area (Å²) in [5, 5.41) is 2.43. The smallest absolute Gasteiger partial charge is 0.311 e. The lowest BCUT2D eigenvalue weighted by molar-refractivity contribution is -0.137. The van der Waals surface area contributed by atoms with Crippen molar-refractivity contribution >= 4 is 11.3 Å². The molecule has 1 N–H and O–H groups in total. The van der Waals surface area contributed by atoms with Crippen molar-refractivity contribution in [2.75, 3.05) is 0 Å². The highest BCUT2D eigenvalue weighted by Gasteiger charge is 2.30. The van der Waals surface area contributed by atoms with Gasteiger partial charge in [0.05, 0.1) is 11.3 Å². The number of H-pyrrole nitrogens is 1. The minimum Gasteiger partial charge on any atom is -0.311 e. The van der Waals surface area contributed by atoms with Crippen molar-refractivity contribution in [2.24, 2.45) is 0 Å². The van der Waals surface area contributed by atoms with Crippen LogP contribution >= 0.6 is 11.3 Å². The summed E-state index contributed by atoms with van der Waals surface area (Å²) < 4.78 is 38.0. The molecule has 0 aliphatic carbocycles. The van der Waals surface area contributed by atoms with Crippen LogP contribution in [0.1, 0.15) is 35.5 Å². The largest absolute Gasteiger partial charge is 0.416 e. The highest BCUT2D eigenvalue weighted by Crippen LogP contribution is 2.32. The molecule has 1 aromatic carbocycles. The van der Waals surface area contributed by atoms with Crippen LogP contribution in [-0.2, 0) is 6.18 Å². The summed E-state index contributed by atoms with van der Waals surface area (Å²) in [4.78, 5) is 22.9. The second-order valence-corrected chi connectivity index (χ2v) is 6.49. The van der Waals surface area contributed by atoms with E-state index in [0.717, 1.165) is 23.4 Å². The molecule has 2 aromatic heterocycles. The van der Waals surface area contributed by atoms with Crippen LogP contribution in [-0.4, -0.2) is 15.0 Å². The summed E-state index contributed by atoms with van der Waals surface area (Å²) in [6.07, 6.45) is -4.35. The molecule has 0 aliphatic heterocycles. The van der Waals surface area contributed by atoms with Crippen molar-refractivity contribution in [3.05, 3.63) is 68.7 Å². The van der Waals surface area contributed by atoms with Gasteiger partial charge in [-0.1, -0.05) is 19.1 Å². The van der Waals surface area contributed by atoms with Gasteiger partial charge in [0.15, 0.2) is 0 Å². The summed E-state index contributed by atoms with van der Waals surface area (Å²) in [7, 11) is 0. The zero-order valence-electron chi connectivity index (χ0n) is 13.4. The maximum Gasteiger partial charge on any atom is 0.416 e. The molecule has 0 spiro atoms. The Kier molecular flexibility index (Phi) is 4.47. The van der Waals surface area contributed by atoms with Gasteiger partial charge in [-0.15, -0.1) is 11.3 Å². The molecule has 1 atom stereocenters. The van der Waals surface area contributed by atoms with Crippen LogP contribution in [0.3, 0.4) is 0 Å². The number of hydrogen-bond donors (Lipinski definition) is 1. The van der Waals surface area contributed by atoms with Crippen molar-refractivity contribution in [3.8, 4) is 10.7 Å². The highest BCUT2D eigenvalue weighted by atomic mass is 32.1. The number of halogens is 3. The predicted molar refractivity (Wildman–Crippen MR) is 89.7 cm³/mol. The van der Waals surface area contributed by atoms with Gasteiger partial charge in [-0.3, -0.25) is 4.79 Å². The number of nitrogens with zero attached hydrogens (tertiary/aromatic N) is 2. The molecule has 0 saturated carbocycles. The van der Waals surface area contributed by atoms with Crippen molar-refractivity contribution in [1.82, 2.24) is 15.0 Å². The zero-order chi connectivity index (χ0) is 18.2. The lowest BCUT2D eigenvalue weighted by Gasteiger charge is -2.11. The number of thiazole rings is 1. The molecule has 3 aromatic rings. The third-order valence-corrected chi connectivity index (χ3v) is 4.67. The summed E-state index contributed by atoms with van der Waals surface area (Å²) >= 11 is 1.34. The Bertz CT molecular complexity index is 945. The van der Waals surface area contributed by atoms with Crippen LogP contribution in [0.15, 0.2) is 40.5 Å². The Morgan fingerprint density at radius 2 is 1.84 bits per heavy atom. The Morgan fingerprint density at radius 1 is 1.16 bits per heavy atom. The van der Waals surface area contributed by atoms with E-state index >= 15 is 0 Å². The Labute approximate surface area is 145 Å². The topological polar surface area (TPSA) is 58.6 Å². The Hall–Kier alpha value is -2.48.